The quantitative estimate of drug-likeness (QED) is 0.751. The molecule has 0 aliphatic heterocycles. The van der Waals surface area contributed by atoms with Crippen LogP contribution < -0.4 is 10.9 Å². The fourth-order valence-electron chi connectivity index (χ4n) is 1.92. The molecule has 0 atom stereocenters. The molecule has 3 aromatic rings. The molecule has 1 N–H and O–H groups in total. The van der Waals surface area contributed by atoms with Crippen molar-refractivity contribution >= 4 is 5.91 Å². The van der Waals surface area contributed by atoms with Gasteiger partial charge in [-0.3, -0.25) is 9.59 Å². The number of pyridine rings is 1. The summed E-state index contributed by atoms with van der Waals surface area (Å²) < 4.78 is 11.3. The van der Waals surface area contributed by atoms with Crippen molar-refractivity contribution in [2.75, 3.05) is 0 Å². The summed E-state index contributed by atoms with van der Waals surface area (Å²) in [6.45, 7) is 1.75. The number of nitrogens with one attached hydrogen (secondary N) is 1. The molecule has 0 aliphatic rings. The monoisotopic (exact) mass is 315 g/mol. The normalized spacial score (nSPS) is 10.7. The topological polar surface area (TPSA) is 116 Å². The fourth-order valence-corrected chi connectivity index (χ4v) is 1.92. The second-order valence-corrected chi connectivity index (χ2v) is 4.86. The smallest absolute Gasteiger partial charge is 0.263 e. The number of carbonyl (C=O) groups excluding carboxylic acids is 1. The van der Waals surface area contributed by atoms with Gasteiger partial charge in [0.2, 0.25) is 11.7 Å². The molecular formula is C14H13N5O4. The third-order valence-corrected chi connectivity index (χ3v) is 3.09. The predicted molar refractivity (Wildman–Crippen MR) is 77.4 cm³/mol. The van der Waals surface area contributed by atoms with Crippen LogP contribution in [0.15, 0.2) is 38.2 Å². The van der Waals surface area contributed by atoms with E-state index in [1.54, 1.807) is 32.3 Å². The number of amides is 1. The minimum absolute atomic E-state index is 0.000710. The third kappa shape index (κ3) is 3.03. The summed E-state index contributed by atoms with van der Waals surface area (Å²) in [6, 6.07) is 4.74. The number of nitrogens with zero attached hydrogens (tertiary/aromatic N) is 4. The van der Waals surface area contributed by atoms with Crippen LogP contribution in [0.25, 0.3) is 11.5 Å². The van der Waals surface area contributed by atoms with E-state index in [0.717, 1.165) is 0 Å². The Labute approximate surface area is 129 Å². The molecule has 0 unspecified atom stereocenters. The highest BCUT2D eigenvalue weighted by Gasteiger charge is 2.15. The van der Waals surface area contributed by atoms with Crippen LogP contribution in [0.5, 0.6) is 0 Å². The lowest BCUT2D eigenvalue weighted by atomic mass is 10.2. The molecule has 0 radical (unpaired) electrons. The van der Waals surface area contributed by atoms with Crippen LogP contribution in [0.3, 0.4) is 0 Å². The van der Waals surface area contributed by atoms with Gasteiger partial charge in [-0.2, -0.15) is 4.98 Å². The second kappa shape index (κ2) is 5.87. The van der Waals surface area contributed by atoms with E-state index in [1.807, 2.05) is 0 Å². The van der Waals surface area contributed by atoms with Crippen LogP contribution in [0.2, 0.25) is 0 Å². The zero-order valence-electron chi connectivity index (χ0n) is 12.4. The Morgan fingerprint density at radius 3 is 2.91 bits per heavy atom. The molecule has 9 nitrogen and oxygen atoms in total. The number of aryl methyl sites for hydroxylation is 2. The van der Waals surface area contributed by atoms with E-state index >= 15 is 0 Å². The summed E-state index contributed by atoms with van der Waals surface area (Å²) in [4.78, 5) is 28.0. The first-order valence-corrected chi connectivity index (χ1v) is 6.74. The highest BCUT2D eigenvalue weighted by molar-refractivity contribution is 5.93. The van der Waals surface area contributed by atoms with Crippen LogP contribution in [-0.2, 0) is 13.6 Å². The number of hydrogen-bond acceptors (Lipinski definition) is 7. The highest BCUT2D eigenvalue weighted by Crippen LogP contribution is 2.15. The molecule has 1 amide bonds. The largest absolute Gasteiger partial charge is 0.361 e. The van der Waals surface area contributed by atoms with E-state index in [-0.39, 0.29) is 29.4 Å². The molecule has 0 fully saturated rings. The maximum absolute atomic E-state index is 12.0. The van der Waals surface area contributed by atoms with Gasteiger partial charge in [0, 0.05) is 19.3 Å². The van der Waals surface area contributed by atoms with E-state index in [1.165, 1.54) is 10.6 Å². The maximum Gasteiger partial charge on any atom is 0.263 e. The fraction of sp³-hybridized carbons (Fsp3) is 0.214. The standard InChI is InChI=1S/C14H13N5O4/c1-8-6-10(17-22-8)12-16-11(23-18-12)7-15-13(20)9-4-3-5-19(2)14(9)21/h3-6H,7H2,1-2H3,(H,15,20). The molecule has 3 aromatic heterocycles. The first kappa shape index (κ1) is 14.7. The van der Waals surface area contributed by atoms with Crippen LogP contribution in [0.1, 0.15) is 22.0 Å². The van der Waals surface area contributed by atoms with Crippen LogP contribution >= 0.6 is 0 Å². The number of rotatable bonds is 4. The first-order valence-electron chi connectivity index (χ1n) is 6.74. The molecule has 118 valence electrons. The average molecular weight is 315 g/mol. The van der Waals surface area contributed by atoms with Gasteiger partial charge in [0.25, 0.3) is 11.5 Å². The van der Waals surface area contributed by atoms with Crippen LogP contribution in [0, 0.1) is 6.92 Å². The van der Waals surface area contributed by atoms with Crippen molar-refractivity contribution in [3.8, 4) is 11.5 Å². The van der Waals surface area contributed by atoms with Crippen molar-refractivity contribution < 1.29 is 13.8 Å². The highest BCUT2D eigenvalue weighted by atomic mass is 16.5. The zero-order valence-corrected chi connectivity index (χ0v) is 12.4. The van der Waals surface area contributed by atoms with Crippen molar-refractivity contribution in [3.05, 3.63) is 52.0 Å². The van der Waals surface area contributed by atoms with Gasteiger partial charge < -0.3 is 18.9 Å². The molecule has 0 aliphatic carbocycles. The Morgan fingerprint density at radius 1 is 1.35 bits per heavy atom. The lowest BCUT2D eigenvalue weighted by Gasteiger charge is -2.03. The summed E-state index contributed by atoms with van der Waals surface area (Å²) in [5.41, 5.74) is 0.108. The Morgan fingerprint density at radius 2 is 2.17 bits per heavy atom. The van der Waals surface area contributed by atoms with Crippen molar-refractivity contribution in [2.45, 2.75) is 13.5 Å². The molecule has 23 heavy (non-hydrogen) atoms. The molecule has 0 bridgehead atoms. The van der Waals surface area contributed by atoms with Crippen molar-refractivity contribution in [1.29, 1.82) is 0 Å². The molecular weight excluding hydrogens is 302 g/mol. The molecule has 0 saturated heterocycles. The number of hydrogen-bond donors (Lipinski definition) is 1. The van der Waals surface area contributed by atoms with Gasteiger partial charge in [-0.15, -0.1) is 0 Å². The van der Waals surface area contributed by atoms with Crippen molar-refractivity contribution in [3.63, 3.8) is 0 Å². The lowest BCUT2D eigenvalue weighted by molar-refractivity contribution is 0.0944. The number of aromatic nitrogens is 4. The Balaban J connectivity index is 1.69. The summed E-state index contributed by atoms with van der Waals surface area (Å²) in [7, 11) is 1.57. The first-order chi connectivity index (χ1) is 11.0. The summed E-state index contributed by atoms with van der Waals surface area (Å²) in [6.07, 6.45) is 1.57. The molecule has 9 heteroatoms. The average Bonchev–Trinajstić information content (AvgIpc) is 3.16. The minimum Gasteiger partial charge on any atom is -0.361 e. The van der Waals surface area contributed by atoms with Gasteiger partial charge in [0.05, 0.1) is 6.54 Å². The second-order valence-electron chi connectivity index (χ2n) is 4.86. The van der Waals surface area contributed by atoms with E-state index in [2.05, 4.69) is 20.6 Å². The molecule has 3 rings (SSSR count). The molecule has 0 spiro atoms. The van der Waals surface area contributed by atoms with Crippen LogP contribution in [-0.4, -0.2) is 25.8 Å². The summed E-state index contributed by atoms with van der Waals surface area (Å²) >= 11 is 0. The summed E-state index contributed by atoms with van der Waals surface area (Å²) in [5, 5.41) is 10.1. The van der Waals surface area contributed by atoms with E-state index in [9.17, 15) is 9.59 Å². The van der Waals surface area contributed by atoms with Gasteiger partial charge in [-0.1, -0.05) is 10.3 Å². The van der Waals surface area contributed by atoms with Gasteiger partial charge in [-0.05, 0) is 19.1 Å². The van der Waals surface area contributed by atoms with Gasteiger partial charge >= 0.3 is 0 Å². The maximum atomic E-state index is 12.0. The lowest BCUT2D eigenvalue weighted by Crippen LogP contribution is -2.31. The predicted octanol–water partition coefficient (Wildman–Crippen LogP) is 0.662. The molecule has 0 saturated carbocycles. The van der Waals surface area contributed by atoms with E-state index in [0.29, 0.717) is 11.5 Å². The third-order valence-electron chi connectivity index (χ3n) is 3.09. The molecule has 0 aromatic carbocycles. The van der Waals surface area contributed by atoms with Crippen LogP contribution in [0.4, 0.5) is 0 Å². The van der Waals surface area contributed by atoms with Gasteiger partial charge in [-0.25, -0.2) is 0 Å². The SMILES string of the molecule is Cc1cc(-c2noc(CNC(=O)c3cccn(C)c3=O)n2)no1. The van der Waals surface area contributed by atoms with Crippen molar-refractivity contribution in [1.82, 2.24) is 25.2 Å². The van der Waals surface area contributed by atoms with E-state index in [4.69, 9.17) is 9.05 Å². The Hall–Kier alpha value is -3.23. The Kier molecular flexibility index (Phi) is 3.75. The van der Waals surface area contributed by atoms with Crippen molar-refractivity contribution in [2.24, 2.45) is 7.05 Å². The Bertz CT molecular complexity index is 908. The van der Waals surface area contributed by atoms with Gasteiger partial charge in [0.15, 0.2) is 5.69 Å². The summed E-state index contributed by atoms with van der Waals surface area (Å²) in [5.74, 6) is 0.575. The van der Waals surface area contributed by atoms with E-state index < -0.39 is 5.91 Å². The number of carbonyl (C=O) groups is 1. The van der Waals surface area contributed by atoms with Gasteiger partial charge in [0.1, 0.15) is 11.3 Å². The zero-order chi connectivity index (χ0) is 16.4. The molecule has 3 heterocycles. The minimum atomic E-state index is -0.511.